The molecule has 0 atom stereocenters. The van der Waals surface area contributed by atoms with Gasteiger partial charge in [-0.25, -0.2) is 13.1 Å². The van der Waals surface area contributed by atoms with Crippen LogP contribution in [0, 0.1) is 0 Å². The summed E-state index contributed by atoms with van der Waals surface area (Å²) in [5.41, 5.74) is 1.45. The van der Waals surface area contributed by atoms with Gasteiger partial charge in [-0.2, -0.15) is 0 Å². The molecule has 2 aromatic carbocycles. The zero-order chi connectivity index (χ0) is 19.3. The van der Waals surface area contributed by atoms with E-state index in [9.17, 15) is 13.2 Å². The molecule has 0 saturated carbocycles. The fraction of sp³-hybridized carbons (Fsp3) is 0.278. The molecule has 0 bridgehead atoms. The second-order valence-corrected chi connectivity index (χ2v) is 8.63. The first-order chi connectivity index (χ1) is 12.2. The lowest BCUT2D eigenvalue weighted by atomic mass is 10.1. The maximum Gasteiger partial charge on any atom is 0.240 e. The topological polar surface area (TPSA) is 75.3 Å². The van der Waals surface area contributed by atoms with Crippen molar-refractivity contribution in [2.45, 2.75) is 37.6 Å². The molecule has 0 aliphatic rings. The minimum atomic E-state index is -3.51. The summed E-state index contributed by atoms with van der Waals surface area (Å²) in [6.45, 7) is 3.52. The normalized spacial score (nSPS) is 11.6. The lowest BCUT2D eigenvalue weighted by molar-refractivity contribution is -0.116. The van der Waals surface area contributed by atoms with Crippen LogP contribution in [0.4, 0.5) is 5.69 Å². The van der Waals surface area contributed by atoms with Gasteiger partial charge in [-0.1, -0.05) is 35.3 Å². The summed E-state index contributed by atoms with van der Waals surface area (Å²) in [5, 5.41) is 3.54. The number of sulfonamides is 1. The van der Waals surface area contributed by atoms with Crippen LogP contribution in [0.15, 0.2) is 47.4 Å². The first-order valence-corrected chi connectivity index (χ1v) is 10.3. The summed E-state index contributed by atoms with van der Waals surface area (Å²) in [6, 6.07) is 11.2. The number of carbonyl (C=O) groups excluding carboxylic acids is 1. The SMILES string of the molecule is CC(C)NS(=O)(=O)c1ccc(CCC(=O)Nc2ccc(Cl)c(Cl)c2)cc1. The highest BCUT2D eigenvalue weighted by Crippen LogP contribution is 2.25. The molecule has 26 heavy (non-hydrogen) atoms. The van der Waals surface area contributed by atoms with Gasteiger partial charge in [-0.05, 0) is 56.2 Å². The summed E-state index contributed by atoms with van der Waals surface area (Å²) < 4.78 is 26.7. The van der Waals surface area contributed by atoms with Crippen LogP contribution in [-0.2, 0) is 21.2 Å². The van der Waals surface area contributed by atoms with Crippen molar-refractivity contribution in [3.8, 4) is 0 Å². The van der Waals surface area contributed by atoms with Crippen molar-refractivity contribution in [1.29, 1.82) is 0 Å². The van der Waals surface area contributed by atoms with Crippen LogP contribution in [0.5, 0.6) is 0 Å². The number of carbonyl (C=O) groups is 1. The Morgan fingerprint density at radius 2 is 1.69 bits per heavy atom. The Labute approximate surface area is 163 Å². The van der Waals surface area contributed by atoms with E-state index in [0.29, 0.717) is 22.2 Å². The lowest BCUT2D eigenvalue weighted by Crippen LogP contribution is -2.30. The number of hydrogen-bond donors (Lipinski definition) is 2. The highest BCUT2D eigenvalue weighted by Gasteiger charge is 2.15. The van der Waals surface area contributed by atoms with Gasteiger partial charge in [0.2, 0.25) is 15.9 Å². The van der Waals surface area contributed by atoms with Crippen LogP contribution in [0.25, 0.3) is 0 Å². The molecular weight excluding hydrogens is 395 g/mol. The smallest absolute Gasteiger partial charge is 0.240 e. The van der Waals surface area contributed by atoms with E-state index in [1.54, 1.807) is 44.2 Å². The molecule has 0 aliphatic heterocycles. The fourth-order valence-corrected chi connectivity index (χ4v) is 3.82. The molecule has 2 rings (SSSR count). The van der Waals surface area contributed by atoms with E-state index < -0.39 is 10.0 Å². The number of amides is 1. The van der Waals surface area contributed by atoms with E-state index in [-0.39, 0.29) is 23.3 Å². The molecule has 5 nitrogen and oxygen atoms in total. The number of nitrogens with one attached hydrogen (secondary N) is 2. The number of halogens is 2. The van der Waals surface area contributed by atoms with Gasteiger partial charge < -0.3 is 5.32 Å². The second kappa shape index (κ2) is 8.86. The van der Waals surface area contributed by atoms with E-state index in [2.05, 4.69) is 10.0 Å². The first-order valence-electron chi connectivity index (χ1n) is 8.03. The summed E-state index contributed by atoms with van der Waals surface area (Å²) >= 11 is 11.8. The Morgan fingerprint density at radius 1 is 1.04 bits per heavy atom. The van der Waals surface area contributed by atoms with Gasteiger partial charge in [0.15, 0.2) is 0 Å². The van der Waals surface area contributed by atoms with Crippen LogP contribution in [0.1, 0.15) is 25.8 Å². The van der Waals surface area contributed by atoms with E-state index in [1.165, 1.54) is 12.1 Å². The molecule has 8 heteroatoms. The Kier molecular flexibility index (Phi) is 7.06. The van der Waals surface area contributed by atoms with Crippen LogP contribution in [-0.4, -0.2) is 20.4 Å². The van der Waals surface area contributed by atoms with Gasteiger partial charge >= 0.3 is 0 Å². The summed E-state index contributed by atoms with van der Waals surface area (Å²) in [4.78, 5) is 12.2. The van der Waals surface area contributed by atoms with Gasteiger partial charge in [-0.15, -0.1) is 0 Å². The molecule has 0 saturated heterocycles. The standard InChI is InChI=1S/C18H20Cl2N2O3S/c1-12(2)22-26(24,25)15-7-3-13(4-8-15)5-10-18(23)21-14-6-9-16(19)17(20)11-14/h3-4,6-9,11-12,22H,5,10H2,1-2H3,(H,21,23). The summed E-state index contributed by atoms with van der Waals surface area (Å²) in [5.74, 6) is -0.165. The molecule has 140 valence electrons. The largest absolute Gasteiger partial charge is 0.326 e. The minimum Gasteiger partial charge on any atom is -0.326 e. The first kappa shape index (κ1) is 20.7. The van der Waals surface area contributed by atoms with Crippen LogP contribution >= 0.6 is 23.2 Å². The van der Waals surface area contributed by atoms with Gasteiger partial charge in [0.05, 0.1) is 14.9 Å². The number of anilines is 1. The molecule has 0 spiro atoms. The summed E-state index contributed by atoms with van der Waals surface area (Å²) in [6.07, 6.45) is 0.752. The number of rotatable bonds is 7. The minimum absolute atomic E-state index is 0.165. The average Bonchev–Trinajstić information content (AvgIpc) is 2.55. The van der Waals surface area contributed by atoms with Crippen molar-refractivity contribution in [2.24, 2.45) is 0 Å². The Balaban J connectivity index is 1.93. The molecular formula is C18H20Cl2N2O3S. The molecule has 0 heterocycles. The predicted octanol–water partition coefficient (Wildman–Crippen LogP) is 4.25. The van der Waals surface area contributed by atoms with Gasteiger partial charge in [0, 0.05) is 18.2 Å². The van der Waals surface area contributed by atoms with Crippen LogP contribution in [0.3, 0.4) is 0 Å². The fourth-order valence-electron chi connectivity index (χ4n) is 2.27. The van der Waals surface area contributed by atoms with Gasteiger partial charge in [-0.3, -0.25) is 4.79 Å². The molecule has 0 aliphatic carbocycles. The third-order valence-electron chi connectivity index (χ3n) is 3.47. The highest BCUT2D eigenvalue weighted by atomic mass is 35.5. The Morgan fingerprint density at radius 3 is 2.27 bits per heavy atom. The third kappa shape index (κ3) is 5.99. The molecule has 1 amide bonds. The molecule has 0 radical (unpaired) electrons. The quantitative estimate of drug-likeness (QED) is 0.710. The predicted molar refractivity (Wildman–Crippen MR) is 105 cm³/mol. The third-order valence-corrected chi connectivity index (χ3v) is 5.88. The molecule has 2 aromatic rings. The number of aryl methyl sites for hydroxylation is 1. The molecule has 0 unspecified atom stereocenters. The van der Waals surface area contributed by atoms with Crippen LogP contribution < -0.4 is 10.0 Å². The van der Waals surface area contributed by atoms with Crippen molar-refractivity contribution in [1.82, 2.24) is 4.72 Å². The lowest BCUT2D eigenvalue weighted by Gasteiger charge is -2.10. The second-order valence-electron chi connectivity index (χ2n) is 6.10. The number of benzene rings is 2. The van der Waals surface area contributed by atoms with E-state index in [0.717, 1.165) is 5.56 Å². The van der Waals surface area contributed by atoms with Crippen molar-refractivity contribution in [3.05, 3.63) is 58.1 Å². The summed E-state index contributed by atoms with van der Waals surface area (Å²) in [7, 11) is -3.51. The average molecular weight is 415 g/mol. The van der Waals surface area contributed by atoms with Crippen LogP contribution in [0.2, 0.25) is 10.0 Å². The Bertz CT molecular complexity index is 882. The van der Waals surface area contributed by atoms with Crippen molar-refractivity contribution in [2.75, 3.05) is 5.32 Å². The van der Waals surface area contributed by atoms with E-state index in [1.807, 2.05) is 0 Å². The van der Waals surface area contributed by atoms with E-state index >= 15 is 0 Å². The monoisotopic (exact) mass is 414 g/mol. The highest BCUT2D eigenvalue weighted by molar-refractivity contribution is 7.89. The number of hydrogen-bond acceptors (Lipinski definition) is 3. The zero-order valence-corrected chi connectivity index (χ0v) is 16.8. The van der Waals surface area contributed by atoms with Gasteiger partial charge in [0.25, 0.3) is 0 Å². The van der Waals surface area contributed by atoms with Crippen molar-refractivity contribution < 1.29 is 13.2 Å². The molecule has 2 N–H and O–H groups in total. The molecule has 0 fully saturated rings. The van der Waals surface area contributed by atoms with Gasteiger partial charge in [0.1, 0.15) is 0 Å². The Hall–Kier alpha value is -1.60. The maximum atomic E-state index is 12.1. The van der Waals surface area contributed by atoms with Crippen molar-refractivity contribution in [3.63, 3.8) is 0 Å². The van der Waals surface area contributed by atoms with Crippen molar-refractivity contribution >= 4 is 44.8 Å². The maximum absolute atomic E-state index is 12.1. The van der Waals surface area contributed by atoms with E-state index in [4.69, 9.17) is 23.2 Å². The zero-order valence-electron chi connectivity index (χ0n) is 14.4. The molecule has 0 aromatic heterocycles.